The number of hydrogen-bond donors (Lipinski definition) is 0. The van der Waals surface area contributed by atoms with Crippen LogP contribution in [0.1, 0.15) is 91.4 Å². The predicted molar refractivity (Wildman–Crippen MR) is 76.5 cm³/mol. The molecule has 1 aliphatic rings. The number of rotatable bonds is 2. The SMILES string of the molecule is CC(C)(C)OOC1CCCCCCCCCCC1. The first kappa shape index (κ1) is 16.0. The summed E-state index contributed by atoms with van der Waals surface area (Å²) in [6.07, 6.45) is 15.0. The van der Waals surface area contributed by atoms with Gasteiger partial charge in [0.1, 0.15) is 0 Å². The largest absolute Gasteiger partial charge is 0.233 e. The molecular formula is C16H32O2. The summed E-state index contributed by atoms with van der Waals surface area (Å²) in [5.74, 6) is 0. The van der Waals surface area contributed by atoms with Crippen molar-refractivity contribution in [2.75, 3.05) is 0 Å². The molecule has 0 radical (unpaired) electrons. The lowest BCUT2D eigenvalue weighted by molar-refractivity contribution is -0.374. The van der Waals surface area contributed by atoms with Crippen LogP contribution >= 0.6 is 0 Å². The highest BCUT2D eigenvalue weighted by Gasteiger charge is 2.17. The molecule has 2 heteroatoms. The molecule has 2 nitrogen and oxygen atoms in total. The third-order valence-electron chi connectivity index (χ3n) is 3.49. The first-order valence-corrected chi connectivity index (χ1v) is 7.92. The molecule has 18 heavy (non-hydrogen) atoms. The summed E-state index contributed by atoms with van der Waals surface area (Å²) in [4.78, 5) is 11.1. The summed E-state index contributed by atoms with van der Waals surface area (Å²) in [7, 11) is 0. The minimum atomic E-state index is -0.191. The molecule has 1 aliphatic carbocycles. The fourth-order valence-corrected chi connectivity index (χ4v) is 2.43. The van der Waals surface area contributed by atoms with Gasteiger partial charge in [-0.2, -0.15) is 0 Å². The van der Waals surface area contributed by atoms with Crippen molar-refractivity contribution in [1.82, 2.24) is 0 Å². The van der Waals surface area contributed by atoms with Crippen LogP contribution < -0.4 is 0 Å². The Kier molecular flexibility index (Phi) is 7.92. The Labute approximate surface area is 113 Å². The van der Waals surface area contributed by atoms with Crippen LogP contribution in [0.3, 0.4) is 0 Å². The van der Waals surface area contributed by atoms with E-state index in [1.807, 2.05) is 20.8 Å². The fraction of sp³-hybridized carbons (Fsp3) is 1.00. The van der Waals surface area contributed by atoms with Crippen molar-refractivity contribution in [3.05, 3.63) is 0 Å². The molecule has 1 rings (SSSR count). The van der Waals surface area contributed by atoms with Gasteiger partial charge in [-0.25, -0.2) is 9.78 Å². The predicted octanol–water partition coefficient (Wildman–Crippen LogP) is 5.41. The molecule has 0 spiro atoms. The van der Waals surface area contributed by atoms with Crippen molar-refractivity contribution < 1.29 is 9.78 Å². The zero-order valence-electron chi connectivity index (χ0n) is 12.7. The van der Waals surface area contributed by atoms with Crippen molar-refractivity contribution >= 4 is 0 Å². The zero-order chi connectivity index (χ0) is 13.3. The molecule has 0 heterocycles. The Morgan fingerprint density at radius 1 is 0.667 bits per heavy atom. The van der Waals surface area contributed by atoms with Gasteiger partial charge in [-0.05, 0) is 33.6 Å². The highest BCUT2D eigenvalue weighted by Crippen LogP contribution is 2.20. The monoisotopic (exact) mass is 256 g/mol. The van der Waals surface area contributed by atoms with Crippen molar-refractivity contribution in [3.63, 3.8) is 0 Å². The molecule has 0 unspecified atom stereocenters. The maximum Gasteiger partial charge on any atom is 0.0952 e. The topological polar surface area (TPSA) is 18.5 Å². The highest BCUT2D eigenvalue weighted by atomic mass is 17.2. The summed E-state index contributed by atoms with van der Waals surface area (Å²) < 4.78 is 0. The minimum absolute atomic E-state index is 0.191. The fourth-order valence-electron chi connectivity index (χ4n) is 2.43. The van der Waals surface area contributed by atoms with E-state index in [4.69, 9.17) is 9.78 Å². The minimum Gasteiger partial charge on any atom is -0.233 e. The van der Waals surface area contributed by atoms with Crippen LogP contribution in [0.25, 0.3) is 0 Å². The molecule has 108 valence electrons. The third-order valence-corrected chi connectivity index (χ3v) is 3.49. The van der Waals surface area contributed by atoms with E-state index in [0.29, 0.717) is 6.10 Å². The Morgan fingerprint density at radius 2 is 1.06 bits per heavy atom. The zero-order valence-corrected chi connectivity index (χ0v) is 12.7. The van der Waals surface area contributed by atoms with E-state index in [1.54, 1.807) is 0 Å². The molecular weight excluding hydrogens is 224 g/mol. The van der Waals surface area contributed by atoms with E-state index in [-0.39, 0.29) is 5.60 Å². The maximum absolute atomic E-state index is 5.65. The molecule has 0 aromatic rings. The van der Waals surface area contributed by atoms with Gasteiger partial charge in [0.2, 0.25) is 0 Å². The first-order valence-electron chi connectivity index (χ1n) is 7.92. The molecule has 0 atom stereocenters. The van der Waals surface area contributed by atoms with Gasteiger partial charge < -0.3 is 0 Å². The first-order chi connectivity index (χ1) is 8.58. The van der Waals surface area contributed by atoms with Crippen molar-refractivity contribution in [2.24, 2.45) is 0 Å². The van der Waals surface area contributed by atoms with E-state index in [2.05, 4.69) is 0 Å². The summed E-state index contributed by atoms with van der Waals surface area (Å²) in [6, 6.07) is 0. The van der Waals surface area contributed by atoms with Crippen molar-refractivity contribution in [1.29, 1.82) is 0 Å². The van der Waals surface area contributed by atoms with Crippen LogP contribution in [-0.4, -0.2) is 11.7 Å². The molecule has 1 saturated carbocycles. The molecule has 0 amide bonds. The van der Waals surface area contributed by atoms with E-state index in [0.717, 1.165) is 12.8 Å². The van der Waals surface area contributed by atoms with Crippen LogP contribution in [0, 0.1) is 0 Å². The van der Waals surface area contributed by atoms with E-state index < -0.39 is 0 Å². The lowest BCUT2D eigenvalue weighted by Gasteiger charge is -2.23. The van der Waals surface area contributed by atoms with Crippen LogP contribution in [0.4, 0.5) is 0 Å². The molecule has 1 fully saturated rings. The smallest absolute Gasteiger partial charge is 0.0952 e. The van der Waals surface area contributed by atoms with Gasteiger partial charge in [0.05, 0.1) is 11.7 Å². The van der Waals surface area contributed by atoms with E-state index >= 15 is 0 Å². The number of hydrogen-bond acceptors (Lipinski definition) is 2. The van der Waals surface area contributed by atoms with E-state index in [9.17, 15) is 0 Å². The average molecular weight is 256 g/mol. The van der Waals surface area contributed by atoms with Crippen LogP contribution in [0.2, 0.25) is 0 Å². The van der Waals surface area contributed by atoms with Gasteiger partial charge in [0.15, 0.2) is 0 Å². The molecule has 0 aliphatic heterocycles. The van der Waals surface area contributed by atoms with Gasteiger partial charge in [-0.15, -0.1) is 0 Å². The second-order valence-corrected chi connectivity index (χ2v) is 6.67. The summed E-state index contributed by atoms with van der Waals surface area (Å²) in [6.45, 7) is 6.13. The van der Waals surface area contributed by atoms with Crippen LogP contribution in [0.15, 0.2) is 0 Å². The van der Waals surface area contributed by atoms with Gasteiger partial charge in [-0.3, -0.25) is 0 Å². The Hall–Kier alpha value is -0.0800. The van der Waals surface area contributed by atoms with Crippen LogP contribution in [0.5, 0.6) is 0 Å². The normalized spacial score (nSPS) is 22.2. The third kappa shape index (κ3) is 8.93. The summed E-state index contributed by atoms with van der Waals surface area (Å²) in [5.41, 5.74) is -0.191. The molecule has 0 N–H and O–H groups in total. The van der Waals surface area contributed by atoms with Gasteiger partial charge >= 0.3 is 0 Å². The maximum atomic E-state index is 5.65. The molecule has 0 bridgehead atoms. The molecule has 0 saturated heterocycles. The van der Waals surface area contributed by atoms with Crippen LogP contribution in [-0.2, 0) is 9.78 Å². The summed E-state index contributed by atoms with van der Waals surface area (Å²) >= 11 is 0. The van der Waals surface area contributed by atoms with Gasteiger partial charge in [0.25, 0.3) is 0 Å². The van der Waals surface area contributed by atoms with Crippen molar-refractivity contribution in [2.45, 2.75) is 103 Å². The van der Waals surface area contributed by atoms with Gasteiger partial charge in [-0.1, -0.05) is 57.8 Å². The second-order valence-electron chi connectivity index (χ2n) is 6.67. The standard InChI is InChI=1S/C16H32O2/c1-16(2,3)18-17-15-13-11-9-7-5-4-6-8-10-12-14-15/h15H,4-14H2,1-3H3. The highest BCUT2D eigenvalue weighted by molar-refractivity contribution is 4.61. The summed E-state index contributed by atoms with van der Waals surface area (Å²) in [5, 5.41) is 0. The lowest BCUT2D eigenvalue weighted by Crippen LogP contribution is -2.24. The Bertz CT molecular complexity index is 184. The second kappa shape index (κ2) is 8.92. The molecule has 0 aromatic heterocycles. The Morgan fingerprint density at radius 3 is 1.44 bits per heavy atom. The van der Waals surface area contributed by atoms with Gasteiger partial charge in [0, 0.05) is 0 Å². The Balaban J connectivity index is 2.27. The quantitative estimate of drug-likeness (QED) is 0.486. The lowest BCUT2D eigenvalue weighted by atomic mass is 9.99. The van der Waals surface area contributed by atoms with E-state index in [1.165, 1.54) is 57.8 Å². The van der Waals surface area contributed by atoms with Crippen molar-refractivity contribution in [3.8, 4) is 0 Å². The average Bonchev–Trinajstić information content (AvgIpc) is 2.27. The molecule has 0 aromatic carbocycles.